The molecule has 0 unspecified atom stereocenters. The monoisotopic (exact) mass is 293 g/mol. The number of esters is 1. The number of rotatable bonds is 3. The van der Waals surface area contributed by atoms with Gasteiger partial charge in [0.15, 0.2) is 0 Å². The Labute approximate surface area is 130 Å². The fourth-order valence-corrected chi connectivity index (χ4v) is 3.09. The van der Waals surface area contributed by atoms with Crippen molar-refractivity contribution in [3.8, 4) is 0 Å². The van der Waals surface area contributed by atoms with Gasteiger partial charge in [-0.3, -0.25) is 9.79 Å². The Balaban J connectivity index is 2.05. The van der Waals surface area contributed by atoms with Crippen molar-refractivity contribution >= 4 is 11.7 Å². The van der Waals surface area contributed by atoms with Crippen molar-refractivity contribution in [2.75, 3.05) is 7.11 Å². The van der Waals surface area contributed by atoms with Crippen molar-refractivity contribution in [2.45, 2.75) is 19.4 Å². The quantitative estimate of drug-likeness (QED) is 0.807. The molecule has 2 atom stereocenters. The molecule has 0 aromatic heterocycles. The van der Waals surface area contributed by atoms with E-state index >= 15 is 0 Å². The third-order valence-electron chi connectivity index (χ3n) is 4.30. The average Bonchev–Trinajstić information content (AvgIpc) is 2.95. The van der Waals surface area contributed by atoms with Crippen molar-refractivity contribution in [1.82, 2.24) is 0 Å². The minimum absolute atomic E-state index is 0.212. The summed E-state index contributed by atoms with van der Waals surface area (Å²) in [5, 5.41) is 0. The van der Waals surface area contributed by atoms with Crippen LogP contribution in [0.25, 0.3) is 0 Å². The lowest BCUT2D eigenvalue weighted by Crippen LogP contribution is -2.32. The van der Waals surface area contributed by atoms with Crippen molar-refractivity contribution in [3.05, 3.63) is 71.8 Å². The summed E-state index contributed by atoms with van der Waals surface area (Å²) in [4.78, 5) is 17.3. The van der Waals surface area contributed by atoms with Gasteiger partial charge >= 0.3 is 5.97 Å². The maximum absolute atomic E-state index is 12.4. The third kappa shape index (κ3) is 2.43. The number of ether oxygens (including phenoxy) is 1. The number of aliphatic imine (C=N–C) groups is 1. The van der Waals surface area contributed by atoms with Gasteiger partial charge in [0.2, 0.25) is 0 Å². The minimum Gasteiger partial charge on any atom is -0.469 e. The molecule has 22 heavy (non-hydrogen) atoms. The van der Waals surface area contributed by atoms with E-state index < -0.39 is 5.41 Å². The van der Waals surface area contributed by atoms with E-state index in [-0.39, 0.29) is 12.0 Å². The van der Waals surface area contributed by atoms with Gasteiger partial charge in [0, 0.05) is 12.1 Å². The molecule has 0 saturated carbocycles. The molecule has 0 radical (unpaired) electrons. The first-order valence-corrected chi connectivity index (χ1v) is 7.40. The SMILES string of the molecule is COC(=O)[C@]1(C)CC(c2ccccc2)=N[C@H]1c1ccccc1. The topological polar surface area (TPSA) is 38.7 Å². The molecule has 3 rings (SSSR count). The van der Waals surface area contributed by atoms with Crippen molar-refractivity contribution in [1.29, 1.82) is 0 Å². The Morgan fingerprint density at radius 2 is 1.68 bits per heavy atom. The van der Waals surface area contributed by atoms with Crippen LogP contribution in [0, 0.1) is 5.41 Å². The summed E-state index contributed by atoms with van der Waals surface area (Å²) in [6, 6.07) is 19.8. The lowest BCUT2D eigenvalue weighted by atomic mass is 9.77. The molecule has 0 saturated heterocycles. The average molecular weight is 293 g/mol. The Bertz CT molecular complexity index is 694. The van der Waals surface area contributed by atoms with Crippen LogP contribution in [0.4, 0.5) is 0 Å². The molecule has 2 aromatic rings. The Kier molecular flexibility index (Phi) is 3.80. The van der Waals surface area contributed by atoms with E-state index in [0.717, 1.165) is 16.8 Å². The van der Waals surface area contributed by atoms with E-state index in [1.165, 1.54) is 7.11 Å². The lowest BCUT2D eigenvalue weighted by molar-refractivity contribution is -0.152. The summed E-state index contributed by atoms with van der Waals surface area (Å²) in [5.41, 5.74) is 2.40. The van der Waals surface area contributed by atoms with Gasteiger partial charge in [-0.2, -0.15) is 0 Å². The second-order valence-corrected chi connectivity index (χ2v) is 5.84. The van der Waals surface area contributed by atoms with E-state index in [9.17, 15) is 4.79 Å². The summed E-state index contributed by atoms with van der Waals surface area (Å²) in [6.45, 7) is 1.94. The summed E-state index contributed by atoms with van der Waals surface area (Å²) >= 11 is 0. The van der Waals surface area contributed by atoms with E-state index in [4.69, 9.17) is 9.73 Å². The zero-order valence-corrected chi connectivity index (χ0v) is 12.8. The molecule has 2 aromatic carbocycles. The molecule has 112 valence electrons. The summed E-state index contributed by atoms with van der Waals surface area (Å²) in [7, 11) is 1.44. The maximum Gasteiger partial charge on any atom is 0.314 e. The highest BCUT2D eigenvalue weighted by atomic mass is 16.5. The normalized spacial score (nSPS) is 23.9. The fourth-order valence-electron chi connectivity index (χ4n) is 3.09. The number of methoxy groups -OCH3 is 1. The molecule has 0 amide bonds. The van der Waals surface area contributed by atoms with Crippen molar-refractivity contribution in [2.24, 2.45) is 10.4 Å². The van der Waals surface area contributed by atoms with Crippen LogP contribution in [0.3, 0.4) is 0 Å². The molecule has 3 heteroatoms. The van der Waals surface area contributed by atoms with Crippen LogP contribution >= 0.6 is 0 Å². The van der Waals surface area contributed by atoms with Gasteiger partial charge in [0.05, 0.1) is 18.6 Å². The first kappa shape index (κ1) is 14.5. The molecule has 0 spiro atoms. The molecular weight excluding hydrogens is 274 g/mol. The van der Waals surface area contributed by atoms with E-state index in [2.05, 4.69) is 0 Å². The highest BCUT2D eigenvalue weighted by molar-refractivity contribution is 6.05. The van der Waals surface area contributed by atoms with Crippen LogP contribution in [0.15, 0.2) is 65.7 Å². The number of hydrogen-bond acceptors (Lipinski definition) is 3. The summed E-state index contributed by atoms with van der Waals surface area (Å²) < 4.78 is 5.06. The molecular formula is C19H19NO2. The van der Waals surface area contributed by atoms with Gasteiger partial charge in [0.1, 0.15) is 0 Å². The molecule has 3 nitrogen and oxygen atoms in total. The second kappa shape index (κ2) is 5.76. The van der Waals surface area contributed by atoms with Crippen LogP contribution in [0.2, 0.25) is 0 Å². The smallest absolute Gasteiger partial charge is 0.314 e. The Morgan fingerprint density at radius 1 is 1.09 bits per heavy atom. The molecule has 1 aliphatic rings. The zero-order chi connectivity index (χ0) is 15.6. The van der Waals surface area contributed by atoms with Gasteiger partial charge in [-0.1, -0.05) is 60.7 Å². The Hall–Kier alpha value is -2.42. The molecule has 0 N–H and O–H groups in total. The highest BCUT2D eigenvalue weighted by Gasteiger charge is 2.48. The van der Waals surface area contributed by atoms with Gasteiger partial charge in [-0.15, -0.1) is 0 Å². The number of carbonyl (C=O) groups is 1. The first-order valence-electron chi connectivity index (χ1n) is 7.40. The van der Waals surface area contributed by atoms with E-state index in [1.807, 2.05) is 67.6 Å². The molecule has 1 aliphatic heterocycles. The maximum atomic E-state index is 12.4. The predicted molar refractivity (Wildman–Crippen MR) is 86.9 cm³/mol. The molecule has 0 fully saturated rings. The van der Waals surface area contributed by atoms with Crippen LogP contribution in [-0.2, 0) is 9.53 Å². The second-order valence-electron chi connectivity index (χ2n) is 5.84. The molecule has 0 aliphatic carbocycles. The largest absolute Gasteiger partial charge is 0.469 e. The van der Waals surface area contributed by atoms with Crippen molar-refractivity contribution in [3.63, 3.8) is 0 Å². The van der Waals surface area contributed by atoms with Crippen molar-refractivity contribution < 1.29 is 9.53 Å². The number of nitrogens with zero attached hydrogens (tertiary/aromatic N) is 1. The zero-order valence-electron chi connectivity index (χ0n) is 12.8. The summed E-state index contributed by atoms with van der Waals surface area (Å²) in [5.74, 6) is -0.212. The van der Waals surface area contributed by atoms with E-state index in [1.54, 1.807) is 0 Å². The van der Waals surface area contributed by atoms with Crippen LogP contribution in [0.1, 0.15) is 30.5 Å². The fraction of sp³-hybridized carbons (Fsp3) is 0.263. The standard InChI is InChI=1S/C19H19NO2/c1-19(18(21)22-2)13-16(14-9-5-3-6-10-14)20-17(19)15-11-7-4-8-12-15/h3-12,17H,13H2,1-2H3/t17-,19+/m0/s1. The van der Waals surface area contributed by atoms with Gasteiger partial charge in [-0.25, -0.2) is 0 Å². The van der Waals surface area contributed by atoms with E-state index in [0.29, 0.717) is 6.42 Å². The minimum atomic E-state index is -0.665. The van der Waals surface area contributed by atoms with Crippen LogP contribution < -0.4 is 0 Å². The third-order valence-corrected chi connectivity index (χ3v) is 4.30. The lowest BCUT2D eigenvalue weighted by Gasteiger charge is -2.27. The Morgan fingerprint density at radius 3 is 2.27 bits per heavy atom. The number of carbonyl (C=O) groups excluding carboxylic acids is 1. The van der Waals surface area contributed by atoms with Crippen LogP contribution in [-0.4, -0.2) is 18.8 Å². The van der Waals surface area contributed by atoms with Gasteiger partial charge < -0.3 is 4.74 Å². The van der Waals surface area contributed by atoms with Gasteiger partial charge in [-0.05, 0) is 18.1 Å². The highest BCUT2D eigenvalue weighted by Crippen LogP contribution is 2.47. The number of hydrogen-bond donors (Lipinski definition) is 0. The summed E-state index contributed by atoms with van der Waals surface area (Å²) in [6.07, 6.45) is 0.587. The molecule has 1 heterocycles. The first-order chi connectivity index (χ1) is 10.6. The van der Waals surface area contributed by atoms with Gasteiger partial charge in [0.25, 0.3) is 0 Å². The predicted octanol–water partition coefficient (Wildman–Crippen LogP) is 3.80. The number of benzene rings is 2. The molecule has 0 bridgehead atoms. The van der Waals surface area contributed by atoms with Crippen LogP contribution in [0.5, 0.6) is 0 Å².